The van der Waals surface area contributed by atoms with E-state index in [9.17, 15) is 8.42 Å². The van der Waals surface area contributed by atoms with Gasteiger partial charge in [-0.05, 0) is 42.3 Å². The molecule has 2 rings (SSSR count). The van der Waals surface area contributed by atoms with Gasteiger partial charge in [-0.3, -0.25) is 4.98 Å². The lowest BCUT2D eigenvalue weighted by molar-refractivity contribution is -0.00000680. The molecule has 5 nitrogen and oxygen atoms in total. The zero-order chi connectivity index (χ0) is 14.4. The molecule has 0 saturated heterocycles. The third-order valence-electron chi connectivity index (χ3n) is 2.89. The average Bonchev–Trinajstić information content (AvgIpc) is 2.44. The zero-order valence-electron chi connectivity index (χ0n) is 11.4. The highest BCUT2D eigenvalue weighted by atomic mass is 35.5. The predicted molar refractivity (Wildman–Crippen MR) is 77.5 cm³/mol. The molecule has 0 unspecified atom stereocenters. The van der Waals surface area contributed by atoms with Gasteiger partial charge in [-0.25, -0.2) is 13.6 Å². The number of primary sulfonamides is 1. The maximum atomic E-state index is 11.1. The minimum absolute atomic E-state index is 0. The van der Waals surface area contributed by atoms with Crippen LogP contribution in [0.4, 0.5) is 0 Å². The van der Waals surface area contributed by atoms with Crippen LogP contribution in [0.15, 0.2) is 53.7 Å². The molecule has 0 aliphatic carbocycles. The Labute approximate surface area is 131 Å². The van der Waals surface area contributed by atoms with Gasteiger partial charge in [-0.15, -0.1) is 0 Å². The zero-order valence-corrected chi connectivity index (χ0v) is 12.9. The van der Waals surface area contributed by atoms with Crippen LogP contribution in [-0.2, 0) is 23.0 Å². The first-order chi connectivity index (χ1) is 9.55. The highest BCUT2D eigenvalue weighted by Crippen LogP contribution is 2.08. The number of benzene rings is 1. The van der Waals surface area contributed by atoms with Gasteiger partial charge in [-0.1, -0.05) is 18.2 Å². The average molecular weight is 327 g/mol. The first-order valence-electron chi connectivity index (χ1n) is 6.27. The van der Waals surface area contributed by atoms with Crippen LogP contribution in [0.5, 0.6) is 0 Å². The molecule has 0 saturated carbocycles. The van der Waals surface area contributed by atoms with E-state index in [1.165, 1.54) is 12.1 Å². The molecular weight excluding hydrogens is 310 g/mol. The van der Waals surface area contributed by atoms with E-state index >= 15 is 0 Å². The van der Waals surface area contributed by atoms with Gasteiger partial charge in [0.25, 0.3) is 0 Å². The summed E-state index contributed by atoms with van der Waals surface area (Å²) in [7, 11) is -3.60. The summed E-state index contributed by atoms with van der Waals surface area (Å²) in [6.45, 7) is 1.58. The number of halogens is 1. The van der Waals surface area contributed by atoms with Crippen molar-refractivity contribution in [3.8, 4) is 0 Å². The molecule has 3 N–H and O–H groups in total. The van der Waals surface area contributed by atoms with Crippen LogP contribution in [-0.4, -0.2) is 19.9 Å². The quantitative estimate of drug-likeness (QED) is 0.605. The van der Waals surface area contributed by atoms with Gasteiger partial charge in [0.2, 0.25) is 10.0 Å². The van der Waals surface area contributed by atoms with E-state index in [-0.39, 0.29) is 17.3 Å². The second-order valence-corrected chi connectivity index (χ2v) is 6.04. The van der Waals surface area contributed by atoms with Gasteiger partial charge in [0.05, 0.1) is 4.90 Å². The third-order valence-corrected chi connectivity index (χ3v) is 3.82. The van der Waals surface area contributed by atoms with Crippen LogP contribution in [0.25, 0.3) is 0 Å². The van der Waals surface area contributed by atoms with Gasteiger partial charge < -0.3 is 17.7 Å². The van der Waals surface area contributed by atoms with E-state index < -0.39 is 10.0 Å². The van der Waals surface area contributed by atoms with Gasteiger partial charge in [0.15, 0.2) is 0 Å². The summed E-state index contributed by atoms with van der Waals surface area (Å²) in [5.41, 5.74) is 2.20. The second-order valence-electron chi connectivity index (χ2n) is 4.48. The molecule has 0 spiro atoms. The normalized spacial score (nSPS) is 10.9. The van der Waals surface area contributed by atoms with E-state index in [4.69, 9.17) is 5.14 Å². The van der Waals surface area contributed by atoms with Crippen molar-refractivity contribution in [1.82, 2.24) is 10.3 Å². The summed E-state index contributed by atoms with van der Waals surface area (Å²) >= 11 is 0. The lowest BCUT2D eigenvalue weighted by atomic mass is 10.1. The van der Waals surface area contributed by atoms with E-state index in [1.54, 1.807) is 18.3 Å². The molecule has 0 bridgehead atoms. The largest absolute Gasteiger partial charge is 1.00 e. The molecule has 0 fully saturated rings. The predicted octanol–water partition coefficient (Wildman–Crippen LogP) is -1.93. The Morgan fingerprint density at radius 1 is 1.10 bits per heavy atom. The lowest BCUT2D eigenvalue weighted by Crippen LogP contribution is -3.00. The number of hydrogen-bond acceptors (Lipinski definition) is 4. The van der Waals surface area contributed by atoms with Crippen LogP contribution in [0.2, 0.25) is 0 Å². The van der Waals surface area contributed by atoms with Crippen molar-refractivity contribution < 1.29 is 20.8 Å². The van der Waals surface area contributed by atoms with Gasteiger partial charge >= 0.3 is 0 Å². The monoisotopic (exact) mass is 326 g/mol. The molecule has 21 heavy (non-hydrogen) atoms. The van der Waals surface area contributed by atoms with Crippen LogP contribution in [0.1, 0.15) is 11.1 Å². The highest BCUT2D eigenvalue weighted by molar-refractivity contribution is 7.89. The Morgan fingerprint density at radius 3 is 2.38 bits per heavy atom. The summed E-state index contributed by atoms with van der Waals surface area (Å²) in [5, 5.41) is 8.36. The van der Waals surface area contributed by atoms with Crippen LogP contribution in [0, 0.1) is 0 Å². The van der Waals surface area contributed by atoms with E-state index in [2.05, 4.69) is 10.3 Å². The number of pyridine rings is 1. The van der Waals surface area contributed by atoms with Crippen molar-refractivity contribution in [2.75, 3.05) is 6.54 Å². The SMILES string of the molecule is NS(=O)(=O)c1ccc(CCNCc2cccnc2)cc1.[Cl-]. The molecule has 0 aliphatic rings. The van der Waals surface area contributed by atoms with Crippen molar-refractivity contribution in [3.05, 3.63) is 59.9 Å². The topological polar surface area (TPSA) is 85.1 Å². The summed E-state index contributed by atoms with van der Waals surface area (Å²) in [4.78, 5) is 4.19. The standard InChI is InChI=1S/C14H17N3O2S.ClH/c15-20(18,19)14-5-3-12(4-6-14)7-9-17-11-13-2-1-8-16-10-13;/h1-6,8,10,17H,7,9,11H2,(H2,15,18,19);1H/p-1. The van der Waals surface area contributed by atoms with Crippen molar-refractivity contribution in [1.29, 1.82) is 0 Å². The number of rotatable bonds is 6. The Balaban J connectivity index is 0.00000220. The number of aromatic nitrogens is 1. The van der Waals surface area contributed by atoms with Crippen LogP contribution in [0.3, 0.4) is 0 Å². The Hall–Kier alpha value is -1.47. The molecule has 7 heteroatoms. The number of hydrogen-bond donors (Lipinski definition) is 2. The maximum Gasteiger partial charge on any atom is 0.238 e. The summed E-state index contributed by atoms with van der Waals surface area (Å²) in [6, 6.07) is 10.6. The number of sulfonamides is 1. The summed E-state index contributed by atoms with van der Waals surface area (Å²) in [6.07, 6.45) is 4.40. The van der Waals surface area contributed by atoms with Crippen molar-refractivity contribution in [3.63, 3.8) is 0 Å². The summed E-state index contributed by atoms with van der Waals surface area (Å²) in [5.74, 6) is 0. The van der Waals surface area contributed by atoms with Gasteiger partial charge in [-0.2, -0.15) is 0 Å². The molecule has 114 valence electrons. The molecule has 2 aromatic rings. The van der Waals surface area contributed by atoms with E-state index in [1.807, 2.05) is 18.3 Å². The minimum Gasteiger partial charge on any atom is -1.00 e. The van der Waals surface area contributed by atoms with Crippen molar-refractivity contribution >= 4 is 10.0 Å². The maximum absolute atomic E-state index is 11.1. The fraction of sp³-hybridized carbons (Fsp3) is 0.214. The number of nitrogens with one attached hydrogen (secondary N) is 1. The molecule has 0 aliphatic heterocycles. The third kappa shape index (κ3) is 5.81. The van der Waals surface area contributed by atoms with E-state index in [0.29, 0.717) is 0 Å². The number of nitrogens with zero attached hydrogens (tertiary/aromatic N) is 1. The first-order valence-corrected chi connectivity index (χ1v) is 7.82. The molecule has 0 radical (unpaired) electrons. The second kappa shape index (κ2) is 8.09. The Bertz CT molecular complexity index is 646. The van der Waals surface area contributed by atoms with E-state index in [0.717, 1.165) is 30.6 Å². The minimum atomic E-state index is -3.60. The number of nitrogens with two attached hydrogens (primary N) is 1. The van der Waals surface area contributed by atoms with Crippen molar-refractivity contribution in [2.45, 2.75) is 17.9 Å². The first kappa shape index (κ1) is 17.6. The van der Waals surface area contributed by atoms with Crippen LogP contribution < -0.4 is 22.9 Å². The molecule has 1 aromatic heterocycles. The van der Waals surface area contributed by atoms with Crippen LogP contribution >= 0.6 is 0 Å². The molecule has 1 aromatic carbocycles. The highest BCUT2D eigenvalue weighted by Gasteiger charge is 2.06. The van der Waals surface area contributed by atoms with Crippen molar-refractivity contribution in [2.24, 2.45) is 5.14 Å². The fourth-order valence-corrected chi connectivity index (χ4v) is 2.33. The Kier molecular flexibility index (Phi) is 6.77. The molecular formula is C14H17ClN3O2S-. The van der Waals surface area contributed by atoms with Gasteiger partial charge in [0.1, 0.15) is 0 Å². The summed E-state index contributed by atoms with van der Waals surface area (Å²) < 4.78 is 22.2. The lowest BCUT2D eigenvalue weighted by Gasteiger charge is -2.05. The molecule has 0 amide bonds. The Morgan fingerprint density at radius 2 is 1.81 bits per heavy atom. The molecule has 1 heterocycles. The fourth-order valence-electron chi connectivity index (χ4n) is 1.81. The van der Waals surface area contributed by atoms with Gasteiger partial charge in [0, 0.05) is 18.9 Å². The molecule has 0 atom stereocenters. The smallest absolute Gasteiger partial charge is 0.238 e.